The third kappa shape index (κ3) is 1.99. The van der Waals surface area contributed by atoms with Gasteiger partial charge in [0.1, 0.15) is 10.7 Å². The normalized spacial score (nSPS) is 11.2. The fourth-order valence-electron chi connectivity index (χ4n) is 1.79. The van der Waals surface area contributed by atoms with Gasteiger partial charge >= 0.3 is 0 Å². The molecule has 0 saturated carbocycles. The number of H-pyrrole nitrogens is 1. The maximum atomic E-state index is 11.9. The van der Waals surface area contributed by atoms with Gasteiger partial charge in [0.15, 0.2) is 0 Å². The van der Waals surface area contributed by atoms with Gasteiger partial charge in [-0.2, -0.15) is 5.10 Å². The largest absolute Gasteiger partial charge is 0.308 e. The second-order valence-electron chi connectivity index (χ2n) is 3.97. The molecule has 5 nitrogen and oxygen atoms in total. The molecule has 0 aliphatic carbocycles. The van der Waals surface area contributed by atoms with Crippen molar-refractivity contribution in [2.75, 3.05) is 0 Å². The van der Waals surface area contributed by atoms with E-state index in [-0.39, 0.29) is 5.56 Å². The second-order valence-corrected chi connectivity index (χ2v) is 5.74. The van der Waals surface area contributed by atoms with Crippen LogP contribution in [-0.2, 0) is 6.54 Å². The highest BCUT2D eigenvalue weighted by molar-refractivity contribution is 9.10. The van der Waals surface area contributed by atoms with Gasteiger partial charge in [-0.3, -0.25) is 9.48 Å². The molecule has 0 aliphatic rings. The summed E-state index contributed by atoms with van der Waals surface area (Å²) in [6.45, 7) is 2.37. The van der Waals surface area contributed by atoms with Crippen molar-refractivity contribution < 1.29 is 0 Å². The number of aromatic amines is 1. The van der Waals surface area contributed by atoms with E-state index in [9.17, 15) is 4.79 Å². The second kappa shape index (κ2) is 4.33. The standard InChI is InChI=1S/C11H9BrN4OS/c1-6-5-18-11-9(6)10(17)14-8(15-11)4-16-3-7(12)2-13-16/h2-3,5H,4H2,1H3,(H,14,15,17). The van der Waals surface area contributed by atoms with Crippen molar-refractivity contribution in [3.05, 3.63) is 44.0 Å². The zero-order valence-corrected chi connectivity index (χ0v) is 11.9. The summed E-state index contributed by atoms with van der Waals surface area (Å²) in [6.07, 6.45) is 3.54. The van der Waals surface area contributed by atoms with Crippen LogP contribution in [0.1, 0.15) is 11.4 Å². The minimum atomic E-state index is -0.0834. The summed E-state index contributed by atoms with van der Waals surface area (Å²) >= 11 is 4.82. The van der Waals surface area contributed by atoms with Crippen LogP contribution in [0.25, 0.3) is 10.2 Å². The van der Waals surface area contributed by atoms with Crippen molar-refractivity contribution in [3.8, 4) is 0 Å². The fourth-order valence-corrected chi connectivity index (χ4v) is 3.06. The zero-order valence-electron chi connectivity index (χ0n) is 9.48. The highest BCUT2D eigenvalue weighted by Crippen LogP contribution is 2.19. The Hall–Kier alpha value is -1.47. The van der Waals surface area contributed by atoms with Gasteiger partial charge in [-0.05, 0) is 33.8 Å². The predicted octanol–water partition coefficient (Wildman–Crippen LogP) is 2.30. The van der Waals surface area contributed by atoms with Crippen LogP contribution in [0.2, 0.25) is 0 Å². The maximum Gasteiger partial charge on any atom is 0.259 e. The van der Waals surface area contributed by atoms with Gasteiger partial charge in [-0.25, -0.2) is 4.98 Å². The number of aromatic nitrogens is 4. The van der Waals surface area contributed by atoms with Crippen LogP contribution >= 0.6 is 27.3 Å². The topological polar surface area (TPSA) is 63.6 Å². The first-order chi connectivity index (χ1) is 8.63. The van der Waals surface area contributed by atoms with Crippen molar-refractivity contribution in [1.29, 1.82) is 0 Å². The smallest absolute Gasteiger partial charge is 0.259 e. The first-order valence-electron chi connectivity index (χ1n) is 5.28. The maximum absolute atomic E-state index is 11.9. The van der Waals surface area contributed by atoms with Crippen molar-refractivity contribution in [1.82, 2.24) is 19.7 Å². The van der Waals surface area contributed by atoms with E-state index in [1.54, 1.807) is 10.9 Å². The summed E-state index contributed by atoms with van der Waals surface area (Å²) in [7, 11) is 0. The first-order valence-corrected chi connectivity index (χ1v) is 6.96. The van der Waals surface area contributed by atoms with Crippen LogP contribution in [0.4, 0.5) is 0 Å². The number of hydrogen-bond acceptors (Lipinski definition) is 4. The zero-order chi connectivity index (χ0) is 12.7. The number of hydrogen-bond donors (Lipinski definition) is 1. The Labute approximate surface area is 115 Å². The van der Waals surface area contributed by atoms with E-state index in [0.717, 1.165) is 14.9 Å². The molecular weight excluding hydrogens is 316 g/mol. The van der Waals surface area contributed by atoms with Gasteiger partial charge in [0, 0.05) is 6.20 Å². The Morgan fingerprint density at radius 3 is 3.11 bits per heavy atom. The number of fused-ring (bicyclic) bond motifs is 1. The van der Waals surface area contributed by atoms with E-state index in [4.69, 9.17) is 0 Å². The van der Waals surface area contributed by atoms with Gasteiger partial charge in [0.05, 0.1) is 22.6 Å². The third-order valence-corrected chi connectivity index (χ3v) is 3.99. The van der Waals surface area contributed by atoms with E-state index in [1.807, 2.05) is 18.5 Å². The molecule has 0 unspecified atom stereocenters. The predicted molar refractivity (Wildman–Crippen MR) is 74.0 cm³/mol. The van der Waals surface area contributed by atoms with Crippen molar-refractivity contribution in [3.63, 3.8) is 0 Å². The third-order valence-electron chi connectivity index (χ3n) is 2.59. The molecule has 3 aromatic heterocycles. The van der Waals surface area contributed by atoms with E-state index in [1.165, 1.54) is 11.3 Å². The molecular formula is C11H9BrN4OS. The molecule has 18 heavy (non-hydrogen) atoms. The lowest BCUT2D eigenvalue weighted by molar-refractivity contribution is 0.656. The molecule has 7 heteroatoms. The minimum Gasteiger partial charge on any atom is -0.308 e. The van der Waals surface area contributed by atoms with Crippen LogP contribution < -0.4 is 5.56 Å². The molecule has 3 heterocycles. The molecule has 0 saturated heterocycles. The Kier molecular flexibility index (Phi) is 2.79. The fraction of sp³-hybridized carbons (Fsp3) is 0.182. The molecule has 0 radical (unpaired) electrons. The highest BCUT2D eigenvalue weighted by atomic mass is 79.9. The van der Waals surface area contributed by atoms with E-state index in [0.29, 0.717) is 17.8 Å². The Bertz CT molecular complexity index is 773. The molecule has 0 spiro atoms. The van der Waals surface area contributed by atoms with E-state index in [2.05, 4.69) is 31.0 Å². The number of aryl methyl sites for hydroxylation is 1. The molecule has 0 amide bonds. The quantitative estimate of drug-likeness (QED) is 0.786. The van der Waals surface area contributed by atoms with Crippen molar-refractivity contribution >= 4 is 37.5 Å². The molecule has 0 aliphatic heterocycles. The summed E-state index contributed by atoms with van der Waals surface area (Å²) in [5.41, 5.74) is 0.886. The lowest BCUT2D eigenvalue weighted by atomic mass is 10.3. The van der Waals surface area contributed by atoms with E-state index >= 15 is 0 Å². The average Bonchev–Trinajstić information content (AvgIpc) is 2.86. The van der Waals surface area contributed by atoms with Crippen LogP contribution in [0.3, 0.4) is 0 Å². The molecule has 3 aromatic rings. The monoisotopic (exact) mass is 324 g/mol. The number of thiophene rings is 1. The molecule has 0 atom stereocenters. The van der Waals surface area contributed by atoms with Crippen molar-refractivity contribution in [2.45, 2.75) is 13.5 Å². The number of halogens is 1. The molecule has 3 rings (SSSR count). The minimum absolute atomic E-state index is 0.0834. The van der Waals surface area contributed by atoms with Crippen molar-refractivity contribution in [2.24, 2.45) is 0 Å². The number of nitrogens with one attached hydrogen (secondary N) is 1. The van der Waals surface area contributed by atoms with Gasteiger partial charge in [0.2, 0.25) is 0 Å². The molecule has 0 fully saturated rings. The summed E-state index contributed by atoms with van der Waals surface area (Å²) in [5, 5.41) is 6.77. The first kappa shape index (κ1) is 11.6. The number of rotatable bonds is 2. The Morgan fingerprint density at radius 2 is 2.39 bits per heavy atom. The van der Waals surface area contributed by atoms with Gasteiger partial charge < -0.3 is 4.98 Å². The van der Waals surface area contributed by atoms with Crippen LogP contribution in [-0.4, -0.2) is 19.7 Å². The summed E-state index contributed by atoms with van der Waals surface area (Å²) < 4.78 is 2.62. The highest BCUT2D eigenvalue weighted by Gasteiger charge is 2.09. The van der Waals surface area contributed by atoms with Crippen LogP contribution in [0.15, 0.2) is 27.0 Å². The Balaban J connectivity index is 2.05. The summed E-state index contributed by atoms with van der Waals surface area (Å²) in [4.78, 5) is 20.0. The summed E-state index contributed by atoms with van der Waals surface area (Å²) in [5.74, 6) is 0.616. The molecule has 0 bridgehead atoms. The molecule has 1 N–H and O–H groups in total. The van der Waals surface area contributed by atoms with E-state index < -0.39 is 0 Å². The van der Waals surface area contributed by atoms with Crippen LogP contribution in [0, 0.1) is 6.92 Å². The Morgan fingerprint density at radius 1 is 1.56 bits per heavy atom. The van der Waals surface area contributed by atoms with Crippen LogP contribution in [0.5, 0.6) is 0 Å². The molecule has 92 valence electrons. The summed E-state index contributed by atoms with van der Waals surface area (Å²) in [6, 6.07) is 0. The van der Waals surface area contributed by atoms with Gasteiger partial charge in [0.25, 0.3) is 5.56 Å². The lowest BCUT2D eigenvalue weighted by Crippen LogP contribution is -2.14. The van der Waals surface area contributed by atoms with Gasteiger partial charge in [-0.15, -0.1) is 11.3 Å². The SMILES string of the molecule is Cc1csc2nc(Cn3cc(Br)cn3)[nH]c(=O)c12. The molecule has 0 aromatic carbocycles. The van der Waals surface area contributed by atoms with Gasteiger partial charge in [-0.1, -0.05) is 0 Å². The average molecular weight is 325 g/mol. The lowest BCUT2D eigenvalue weighted by Gasteiger charge is -2.01. The number of nitrogens with zero attached hydrogens (tertiary/aromatic N) is 3.